The van der Waals surface area contributed by atoms with Crippen LogP contribution < -0.4 is 11.1 Å². The Morgan fingerprint density at radius 2 is 1.90 bits per heavy atom. The molecule has 4 nitrogen and oxygen atoms in total. The number of hydrogen-bond donors (Lipinski definition) is 2. The van der Waals surface area contributed by atoms with Gasteiger partial charge in [-0.25, -0.2) is 8.78 Å². The normalized spacial score (nSPS) is 18.6. The van der Waals surface area contributed by atoms with Gasteiger partial charge in [0.1, 0.15) is 6.61 Å². The predicted molar refractivity (Wildman–Crippen MR) is 76.8 cm³/mol. The van der Waals surface area contributed by atoms with Crippen molar-refractivity contribution in [3.05, 3.63) is 0 Å². The fourth-order valence-corrected chi connectivity index (χ4v) is 2.79. The summed E-state index contributed by atoms with van der Waals surface area (Å²) < 4.78 is 28.5. The van der Waals surface area contributed by atoms with Crippen molar-refractivity contribution in [2.24, 2.45) is 11.1 Å². The largest absolute Gasteiger partial charge is 0.392 e. The maximum absolute atomic E-state index is 12.3. The Labute approximate surface area is 123 Å². The van der Waals surface area contributed by atoms with Crippen LogP contribution in [-0.2, 0) is 9.53 Å². The lowest BCUT2D eigenvalue weighted by molar-refractivity contribution is -0.128. The zero-order chi connectivity index (χ0) is 15.0. The Balaban J connectivity index is 2.46. The van der Waals surface area contributed by atoms with E-state index in [0.29, 0.717) is 12.8 Å². The number of hydrogen-bond acceptors (Lipinski definition) is 3. The Bertz CT molecular complexity index is 332. The first-order valence-electron chi connectivity index (χ1n) is 6.93. The fraction of sp³-hybridized carbons (Fsp3) is 0.846. The van der Waals surface area contributed by atoms with Crippen LogP contribution in [0.5, 0.6) is 0 Å². The van der Waals surface area contributed by atoms with Gasteiger partial charge in [-0.1, -0.05) is 37.9 Å². The van der Waals surface area contributed by atoms with E-state index in [0.717, 1.165) is 25.7 Å². The molecule has 0 unspecified atom stereocenters. The van der Waals surface area contributed by atoms with Crippen molar-refractivity contribution < 1.29 is 18.3 Å². The SMILES string of the molecule is NC(=S)C1(C(=O)NCCOCC(F)F)CCCCCC1. The van der Waals surface area contributed by atoms with Crippen LogP contribution in [0.3, 0.4) is 0 Å². The Hall–Kier alpha value is -0.820. The molecule has 0 saturated heterocycles. The van der Waals surface area contributed by atoms with Gasteiger partial charge in [-0.05, 0) is 12.8 Å². The van der Waals surface area contributed by atoms with Gasteiger partial charge < -0.3 is 15.8 Å². The molecule has 3 N–H and O–H groups in total. The highest BCUT2D eigenvalue weighted by molar-refractivity contribution is 7.80. The molecule has 0 radical (unpaired) electrons. The third-order valence-electron chi connectivity index (χ3n) is 3.64. The van der Waals surface area contributed by atoms with E-state index >= 15 is 0 Å². The molecule has 0 aliphatic heterocycles. The summed E-state index contributed by atoms with van der Waals surface area (Å²) in [6.07, 6.45) is 2.83. The average Bonchev–Trinajstić information content (AvgIpc) is 2.64. The summed E-state index contributed by atoms with van der Waals surface area (Å²) in [7, 11) is 0. The van der Waals surface area contributed by atoms with E-state index in [1.807, 2.05) is 0 Å². The van der Waals surface area contributed by atoms with Crippen LogP contribution in [0.2, 0.25) is 0 Å². The van der Waals surface area contributed by atoms with Gasteiger partial charge in [0.2, 0.25) is 5.91 Å². The summed E-state index contributed by atoms with van der Waals surface area (Å²) in [6, 6.07) is 0. The molecule has 0 aromatic rings. The number of carbonyl (C=O) groups is 1. The molecule has 0 heterocycles. The number of amides is 1. The molecule has 7 heteroatoms. The van der Waals surface area contributed by atoms with Gasteiger partial charge in [0.15, 0.2) is 0 Å². The zero-order valence-corrected chi connectivity index (χ0v) is 12.3. The minimum atomic E-state index is -2.49. The molecule has 0 aromatic carbocycles. The molecule has 1 rings (SSSR count). The van der Waals surface area contributed by atoms with Gasteiger partial charge >= 0.3 is 0 Å². The van der Waals surface area contributed by atoms with E-state index in [9.17, 15) is 13.6 Å². The van der Waals surface area contributed by atoms with Crippen LogP contribution in [0.1, 0.15) is 38.5 Å². The first kappa shape index (κ1) is 17.2. The Morgan fingerprint density at radius 1 is 1.30 bits per heavy atom. The van der Waals surface area contributed by atoms with E-state index in [2.05, 4.69) is 5.32 Å². The molecule has 1 saturated carbocycles. The monoisotopic (exact) mass is 308 g/mol. The van der Waals surface area contributed by atoms with E-state index in [-0.39, 0.29) is 24.0 Å². The topological polar surface area (TPSA) is 64.4 Å². The third-order valence-corrected chi connectivity index (χ3v) is 4.03. The lowest BCUT2D eigenvalue weighted by Gasteiger charge is -2.30. The van der Waals surface area contributed by atoms with E-state index in [1.165, 1.54) is 0 Å². The number of nitrogens with two attached hydrogens (primary N) is 1. The molecular weight excluding hydrogens is 286 g/mol. The summed E-state index contributed by atoms with van der Waals surface area (Å²) in [5.41, 5.74) is 5.00. The lowest BCUT2D eigenvalue weighted by atomic mass is 9.79. The number of halogens is 2. The van der Waals surface area contributed by atoms with Crippen LogP contribution >= 0.6 is 12.2 Å². The Kier molecular flexibility index (Phi) is 7.29. The number of rotatable bonds is 7. The summed E-state index contributed by atoms with van der Waals surface area (Å²) in [5, 5.41) is 2.70. The van der Waals surface area contributed by atoms with E-state index < -0.39 is 18.4 Å². The van der Waals surface area contributed by atoms with Gasteiger partial charge in [0.05, 0.1) is 17.0 Å². The van der Waals surface area contributed by atoms with Gasteiger partial charge in [0, 0.05) is 6.54 Å². The van der Waals surface area contributed by atoms with E-state index in [1.54, 1.807) is 0 Å². The Morgan fingerprint density at radius 3 is 2.40 bits per heavy atom. The van der Waals surface area contributed by atoms with Crippen LogP contribution in [0.4, 0.5) is 8.78 Å². The van der Waals surface area contributed by atoms with Gasteiger partial charge in [-0.2, -0.15) is 0 Å². The molecule has 1 aliphatic carbocycles. The molecule has 0 atom stereocenters. The van der Waals surface area contributed by atoms with Gasteiger partial charge in [-0.15, -0.1) is 0 Å². The van der Waals surface area contributed by atoms with Crippen molar-refractivity contribution >= 4 is 23.1 Å². The molecule has 0 spiro atoms. The third kappa shape index (κ3) is 4.94. The smallest absolute Gasteiger partial charge is 0.261 e. The fourth-order valence-electron chi connectivity index (χ4n) is 2.50. The molecule has 116 valence electrons. The second-order valence-electron chi connectivity index (χ2n) is 5.08. The summed E-state index contributed by atoms with van der Waals surface area (Å²) in [5.74, 6) is -0.201. The minimum Gasteiger partial charge on any atom is -0.392 e. The van der Waals surface area contributed by atoms with Crippen LogP contribution in [0.25, 0.3) is 0 Å². The number of thiocarbonyl (C=S) groups is 1. The summed E-state index contributed by atoms with van der Waals surface area (Å²) in [6.45, 7) is -0.365. The molecule has 1 aliphatic rings. The second kappa shape index (κ2) is 8.46. The van der Waals surface area contributed by atoms with E-state index in [4.69, 9.17) is 22.7 Å². The van der Waals surface area contributed by atoms with Crippen LogP contribution in [0.15, 0.2) is 0 Å². The van der Waals surface area contributed by atoms with Crippen molar-refractivity contribution in [1.29, 1.82) is 0 Å². The van der Waals surface area contributed by atoms with Crippen molar-refractivity contribution in [2.45, 2.75) is 45.0 Å². The lowest BCUT2D eigenvalue weighted by Crippen LogP contribution is -2.49. The average molecular weight is 308 g/mol. The highest BCUT2D eigenvalue weighted by Gasteiger charge is 2.41. The maximum atomic E-state index is 12.3. The molecule has 0 bridgehead atoms. The number of nitrogens with one attached hydrogen (secondary N) is 1. The number of carbonyl (C=O) groups excluding carboxylic acids is 1. The van der Waals surface area contributed by atoms with Gasteiger partial charge in [0.25, 0.3) is 6.43 Å². The zero-order valence-electron chi connectivity index (χ0n) is 11.5. The highest BCUT2D eigenvalue weighted by atomic mass is 32.1. The summed E-state index contributed by atoms with van der Waals surface area (Å²) >= 11 is 5.09. The standard InChI is InChI=1S/C13H22F2N2O2S/c14-10(15)9-19-8-7-17-12(18)13(11(16)20)5-3-1-2-4-6-13/h10H,1-9H2,(H2,16,20)(H,17,18). The quantitative estimate of drug-likeness (QED) is 0.429. The first-order chi connectivity index (χ1) is 9.49. The number of alkyl halides is 2. The van der Waals surface area contributed by atoms with Crippen molar-refractivity contribution in [2.75, 3.05) is 19.8 Å². The predicted octanol–water partition coefficient (Wildman–Crippen LogP) is 2.01. The van der Waals surface area contributed by atoms with Crippen molar-refractivity contribution in [1.82, 2.24) is 5.32 Å². The molecular formula is C13H22F2N2O2S. The molecule has 1 fully saturated rings. The van der Waals surface area contributed by atoms with Crippen molar-refractivity contribution in [3.8, 4) is 0 Å². The maximum Gasteiger partial charge on any atom is 0.261 e. The second-order valence-corrected chi connectivity index (χ2v) is 5.52. The molecule has 1 amide bonds. The summed E-state index contributed by atoms with van der Waals surface area (Å²) in [4.78, 5) is 12.6. The first-order valence-corrected chi connectivity index (χ1v) is 7.34. The van der Waals surface area contributed by atoms with Crippen LogP contribution in [-0.4, -0.2) is 37.1 Å². The molecule has 20 heavy (non-hydrogen) atoms. The minimum absolute atomic E-state index is 0.0590. The van der Waals surface area contributed by atoms with Crippen molar-refractivity contribution in [3.63, 3.8) is 0 Å². The van der Waals surface area contributed by atoms with Crippen LogP contribution in [0, 0.1) is 5.41 Å². The highest BCUT2D eigenvalue weighted by Crippen LogP contribution is 2.35. The number of ether oxygens (including phenoxy) is 1. The molecule has 0 aromatic heterocycles. The van der Waals surface area contributed by atoms with Gasteiger partial charge in [-0.3, -0.25) is 4.79 Å².